The molecule has 1 spiro atoms. The van der Waals surface area contributed by atoms with Gasteiger partial charge in [-0.05, 0) is 43.4 Å². The minimum atomic E-state index is -0.0232. The lowest BCUT2D eigenvalue weighted by Crippen LogP contribution is -2.51. The highest BCUT2D eigenvalue weighted by molar-refractivity contribution is 7.99. The molecule has 2 amide bonds. The number of nitrogens with one attached hydrogen (secondary N) is 2. The van der Waals surface area contributed by atoms with Gasteiger partial charge in [0, 0.05) is 30.4 Å². The van der Waals surface area contributed by atoms with Crippen molar-refractivity contribution in [1.82, 2.24) is 10.6 Å². The lowest BCUT2D eigenvalue weighted by atomic mass is 9.90. The monoisotopic (exact) mass is 346 g/mol. The fourth-order valence-corrected chi connectivity index (χ4v) is 5.39. The average molecular weight is 346 g/mol. The van der Waals surface area contributed by atoms with Crippen LogP contribution >= 0.6 is 11.8 Å². The maximum Gasteiger partial charge on any atom is 0.315 e. The van der Waals surface area contributed by atoms with Crippen LogP contribution in [-0.2, 0) is 10.2 Å². The van der Waals surface area contributed by atoms with Crippen LogP contribution in [0.2, 0.25) is 0 Å². The minimum Gasteiger partial charge on any atom is -0.374 e. The van der Waals surface area contributed by atoms with Crippen LogP contribution in [0.15, 0.2) is 30.3 Å². The number of carbonyl (C=O) groups excluding carboxylic acids is 1. The van der Waals surface area contributed by atoms with Crippen LogP contribution < -0.4 is 10.6 Å². The first kappa shape index (κ1) is 16.3. The van der Waals surface area contributed by atoms with E-state index in [4.69, 9.17) is 4.74 Å². The molecule has 4 nitrogen and oxygen atoms in total. The number of benzene rings is 1. The SMILES string of the molecule is O=C(NCC1(c2ccccc2)CC1)N[C@H]1CCO[C@]2(CCSC2)C1. The van der Waals surface area contributed by atoms with Crippen LogP contribution in [0.1, 0.15) is 37.7 Å². The quantitative estimate of drug-likeness (QED) is 0.881. The fourth-order valence-electron chi connectivity index (χ4n) is 4.01. The van der Waals surface area contributed by atoms with E-state index in [-0.39, 0.29) is 23.1 Å². The number of hydrogen-bond acceptors (Lipinski definition) is 3. The summed E-state index contributed by atoms with van der Waals surface area (Å²) in [6, 6.07) is 10.8. The molecule has 2 heterocycles. The highest BCUT2D eigenvalue weighted by Gasteiger charge is 2.44. The van der Waals surface area contributed by atoms with Gasteiger partial charge in [-0.25, -0.2) is 4.79 Å². The molecule has 0 bridgehead atoms. The highest BCUT2D eigenvalue weighted by Crippen LogP contribution is 2.47. The largest absolute Gasteiger partial charge is 0.374 e. The van der Waals surface area contributed by atoms with Gasteiger partial charge in [0.15, 0.2) is 0 Å². The molecule has 3 aliphatic rings. The predicted octanol–water partition coefficient (Wildman–Crippen LogP) is 3.07. The van der Waals surface area contributed by atoms with E-state index in [9.17, 15) is 4.79 Å². The molecule has 2 aliphatic heterocycles. The molecular weight excluding hydrogens is 320 g/mol. The maximum atomic E-state index is 12.4. The van der Waals surface area contributed by atoms with Crippen molar-refractivity contribution in [2.24, 2.45) is 0 Å². The van der Waals surface area contributed by atoms with Crippen LogP contribution in [-0.4, -0.2) is 42.3 Å². The first-order chi connectivity index (χ1) is 11.7. The minimum absolute atomic E-state index is 0.0165. The van der Waals surface area contributed by atoms with Crippen molar-refractivity contribution in [2.45, 2.75) is 49.2 Å². The maximum absolute atomic E-state index is 12.4. The summed E-state index contributed by atoms with van der Waals surface area (Å²) < 4.78 is 6.03. The van der Waals surface area contributed by atoms with Gasteiger partial charge in [-0.2, -0.15) is 11.8 Å². The Labute approximate surface area is 148 Å². The molecule has 0 radical (unpaired) electrons. The van der Waals surface area contributed by atoms with Crippen molar-refractivity contribution in [1.29, 1.82) is 0 Å². The van der Waals surface area contributed by atoms with E-state index >= 15 is 0 Å². The number of thioether (sulfide) groups is 1. The smallest absolute Gasteiger partial charge is 0.315 e. The topological polar surface area (TPSA) is 50.4 Å². The molecule has 0 unspecified atom stereocenters. The van der Waals surface area contributed by atoms with Crippen molar-refractivity contribution in [3.63, 3.8) is 0 Å². The molecule has 0 aromatic heterocycles. The van der Waals surface area contributed by atoms with E-state index in [0.717, 1.165) is 51.0 Å². The van der Waals surface area contributed by atoms with Gasteiger partial charge in [-0.15, -0.1) is 0 Å². The molecule has 5 heteroatoms. The predicted molar refractivity (Wildman–Crippen MR) is 97.5 cm³/mol. The van der Waals surface area contributed by atoms with Crippen LogP contribution in [0.5, 0.6) is 0 Å². The molecule has 1 aliphatic carbocycles. The number of rotatable bonds is 4. The van der Waals surface area contributed by atoms with Gasteiger partial charge in [0.2, 0.25) is 0 Å². The Morgan fingerprint density at radius 1 is 1.25 bits per heavy atom. The molecule has 4 rings (SSSR count). The summed E-state index contributed by atoms with van der Waals surface area (Å²) in [5.41, 5.74) is 1.53. The van der Waals surface area contributed by atoms with Crippen molar-refractivity contribution in [3.8, 4) is 0 Å². The molecule has 1 aromatic rings. The van der Waals surface area contributed by atoms with Crippen molar-refractivity contribution in [2.75, 3.05) is 24.7 Å². The summed E-state index contributed by atoms with van der Waals surface area (Å²) in [6.07, 6.45) is 5.32. The van der Waals surface area contributed by atoms with Gasteiger partial charge >= 0.3 is 6.03 Å². The van der Waals surface area contributed by atoms with Crippen LogP contribution in [0.25, 0.3) is 0 Å². The van der Waals surface area contributed by atoms with Gasteiger partial charge in [0.1, 0.15) is 0 Å². The molecule has 24 heavy (non-hydrogen) atoms. The highest BCUT2D eigenvalue weighted by atomic mass is 32.2. The first-order valence-corrected chi connectivity index (χ1v) is 10.2. The van der Waals surface area contributed by atoms with Gasteiger partial charge < -0.3 is 15.4 Å². The third-order valence-electron chi connectivity index (χ3n) is 5.72. The summed E-state index contributed by atoms with van der Waals surface area (Å²) >= 11 is 1.97. The summed E-state index contributed by atoms with van der Waals surface area (Å²) in [4.78, 5) is 12.4. The number of hydrogen-bond donors (Lipinski definition) is 2. The normalized spacial score (nSPS) is 30.9. The Bertz CT molecular complexity index is 582. The van der Waals surface area contributed by atoms with Crippen molar-refractivity contribution in [3.05, 3.63) is 35.9 Å². The Morgan fingerprint density at radius 3 is 2.79 bits per heavy atom. The molecule has 2 N–H and O–H groups in total. The summed E-state index contributed by atoms with van der Waals surface area (Å²) in [5.74, 6) is 2.25. The molecular formula is C19H26N2O2S. The second-order valence-electron chi connectivity index (χ2n) is 7.50. The number of ether oxygens (including phenoxy) is 1. The third-order valence-corrected chi connectivity index (χ3v) is 6.95. The third kappa shape index (κ3) is 3.42. The van der Waals surface area contributed by atoms with Gasteiger partial charge in [0.05, 0.1) is 5.60 Å². The Hall–Kier alpha value is -1.20. The zero-order valence-electron chi connectivity index (χ0n) is 14.1. The van der Waals surface area contributed by atoms with Crippen LogP contribution in [0.3, 0.4) is 0 Å². The molecule has 2 saturated heterocycles. The van der Waals surface area contributed by atoms with Gasteiger partial charge in [0.25, 0.3) is 0 Å². The first-order valence-electron chi connectivity index (χ1n) is 9.02. The zero-order valence-corrected chi connectivity index (χ0v) is 14.9. The number of carbonyl (C=O) groups is 1. The molecule has 1 saturated carbocycles. The van der Waals surface area contributed by atoms with Crippen molar-refractivity contribution < 1.29 is 9.53 Å². The van der Waals surface area contributed by atoms with Gasteiger partial charge in [-0.3, -0.25) is 0 Å². The van der Waals surface area contributed by atoms with E-state index < -0.39 is 0 Å². The average Bonchev–Trinajstić information content (AvgIpc) is 3.28. The summed E-state index contributed by atoms with van der Waals surface area (Å²) in [5, 5.41) is 6.30. The number of amides is 2. The second-order valence-corrected chi connectivity index (χ2v) is 8.60. The Balaban J connectivity index is 1.28. The lowest BCUT2D eigenvalue weighted by molar-refractivity contribution is -0.0684. The second kappa shape index (κ2) is 6.60. The molecule has 3 fully saturated rings. The zero-order chi connectivity index (χ0) is 16.5. The fraction of sp³-hybridized carbons (Fsp3) is 0.632. The summed E-state index contributed by atoms with van der Waals surface area (Å²) in [7, 11) is 0. The van der Waals surface area contributed by atoms with Crippen LogP contribution in [0.4, 0.5) is 4.79 Å². The standard InChI is InChI=1S/C19H26N2O2S/c22-17(20-13-18(7-8-18)15-4-2-1-3-5-15)21-16-6-10-23-19(12-16)9-11-24-14-19/h1-5,16H,6-14H2,(H2,20,21,22)/t16-,19+/m0/s1. The van der Waals surface area contributed by atoms with E-state index in [1.165, 1.54) is 11.3 Å². The Kier molecular flexibility index (Phi) is 4.48. The van der Waals surface area contributed by atoms with Crippen LogP contribution in [0, 0.1) is 0 Å². The van der Waals surface area contributed by atoms with E-state index in [0.29, 0.717) is 0 Å². The molecule has 2 atom stereocenters. The molecule has 130 valence electrons. The van der Waals surface area contributed by atoms with E-state index in [1.54, 1.807) is 0 Å². The van der Waals surface area contributed by atoms with E-state index in [1.807, 2.05) is 17.8 Å². The van der Waals surface area contributed by atoms with E-state index in [2.05, 4.69) is 34.9 Å². The van der Waals surface area contributed by atoms with Crippen molar-refractivity contribution >= 4 is 17.8 Å². The van der Waals surface area contributed by atoms with Gasteiger partial charge in [-0.1, -0.05) is 30.3 Å². The molecule has 1 aromatic carbocycles. The summed E-state index contributed by atoms with van der Waals surface area (Å²) in [6.45, 7) is 1.49. The Morgan fingerprint density at radius 2 is 2.08 bits per heavy atom. The number of urea groups is 1. The lowest BCUT2D eigenvalue weighted by Gasteiger charge is -2.38.